The van der Waals surface area contributed by atoms with Crippen molar-refractivity contribution in [1.29, 1.82) is 0 Å². The molecule has 1 aliphatic carbocycles. The Morgan fingerprint density at radius 3 is 1.32 bits per heavy atom. The van der Waals surface area contributed by atoms with Gasteiger partial charge in [-0.2, -0.15) is 0 Å². The van der Waals surface area contributed by atoms with Crippen LogP contribution in [0.25, 0.3) is 32.7 Å². The highest BCUT2D eigenvalue weighted by molar-refractivity contribution is 5.92. The number of rotatable bonds is 14. The average Bonchev–Trinajstić information content (AvgIpc) is 3.47. The maximum atomic E-state index is 6.12. The smallest absolute Gasteiger partial charge is 0.120 e. The number of hydrogen-bond acceptors (Lipinski definition) is 6. The van der Waals surface area contributed by atoms with Crippen molar-refractivity contribution < 1.29 is 28.4 Å². The normalized spacial score (nSPS) is 17.5. The molecule has 0 bridgehead atoms. The molecule has 6 heteroatoms. The summed E-state index contributed by atoms with van der Waals surface area (Å²) in [6.07, 6.45) is 0. The summed E-state index contributed by atoms with van der Waals surface area (Å²) in [6.45, 7) is 11.0. The average molecular weight is 707 g/mol. The predicted molar refractivity (Wildman–Crippen MR) is 209 cm³/mol. The van der Waals surface area contributed by atoms with Crippen LogP contribution in [-0.2, 0) is 24.4 Å². The third kappa shape index (κ3) is 6.38. The largest absolute Gasteiger partial charge is 0.491 e. The van der Waals surface area contributed by atoms with E-state index >= 15 is 0 Å². The minimum absolute atomic E-state index is 0.143. The van der Waals surface area contributed by atoms with Crippen LogP contribution >= 0.6 is 0 Å². The fraction of sp³-hybridized carbons (Fsp3) is 0.319. The van der Waals surface area contributed by atoms with Crippen LogP contribution < -0.4 is 9.47 Å². The lowest BCUT2D eigenvalue weighted by Gasteiger charge is -2.37. The molecule has 270 valence electrons. The molecule has 0 unspecified atom stereocenters. The number of benzene rings is 6. The van der Waals surface area contributed by atoms with Gasteiger partial charge < -0.3 is 28.4 Å². The van der Waals surface area contributed by atoms with Gasteiger partial charge in [0, 0.05) is 10.8 Å². The van der Waals surface area contributed by atoms with Gasteiger partial charge in [-0.25, -0.2) is 0 Å². The number of hydrogen-bond donors (Lipinski definition) is 0. The van der Waals surface area contributed by atoms with Gasteiger partial charge in [0.2, 0.25) is 0 Å². The molecule has 0 N–H and O–H groups in total. The number of fused-ring (bicyclic) bond motifs is 5. The maximum Gasteiger partial charge on any atom is 0.120 e. The fourth-order valence-electron chi connectivity index (χ4n) is 8.26. The van der Waals surface area contributed by atoms with Crippen LogP contribution in [0.2, 0.25) is 0 Å². The van der Waals surface area contributed by atoms with Crippen LogP contribution in [0.3, 0.4) is 0 Å². The van der Waals surface area contributed by atoms with Gasteiger partial charge in [0.05, 0.1) is 58.3 Å². The van der Waals surface area contributed by atoms with E-state index in [2.05, 4.69) is 135 Å². The third-order valence-electron chi connectivity index (χ3n) is 11.1. The standard InChI is InChI=1S/C47H46O6/c1-45(29-50-30-45)27-48-19-21-52-39-17-13-33-23-37(15-11-35(33)25-39)47(43-9-5-3-7-41(43)42-8-4-6-10-44(42)47)38-16-12-36-26-40(18-14-34(36)24-38)53-22-20-49-28-46(2)31-51-32-46/h3-18,23-26H,19-22,27-32H2,1-2H3. The Morgan fingerprint density at radius 1 is 0.472 bits per heavy atom. The predicted octanol–water partition coefficient (Wildman–Crippen LogP) is 9.22. The minimum Gasteiger partial charge on any atom is -0.491 e. The first-order valence-corrected chi connectivity index (χ1v) is 18.8. The molecule has 2 fully saturated rings. The lowest BCUT2D eigenvalue weighted by Crippen LogP contribution is -2.43. The summed E-state index contributed by atoms with van der Waals surface area (Å²) >= 11 is 0. The van der Waals surface area contributed by atoms with Crippen molar-refractivity contribution >= 4 is 21.5 Å². The molecule has 6 nitrogen and oxygen atoms in total. The van der Waals surface area contributed by atoms with Crippen LogP contribution in [-0.4, -0.2) is 66.1 Å². The molecule has 9 rings (SSSR count). The minimum atomic E-state index is -0.501. The van der Waals surface area contributed by atoms with Crippen LogP contribution in [0.15, 0.2) is 121 Å². The van der Waals surface area contributed by atoms with Gasteiger partial charge in [0.15, 0.2) is 0 Å². The maximum absolute atomic E-state index is 6.12. The molecule has 0 spiro atoms. The molecule has 3 aliphatic rings. The van der Waals surface area contributed by atoms with E-state index in [4.69, 9.17) is 28.4 Å². The van der Waals surface area contributed by atoms with Crippen molar-refractivity contribution in [2.24, 2.45) is 10.8 Å². The Labute approximate surface area is 311 Å². The van der Waals surface area contributed by atoms with E-state index in [0.29, 0.717) is 39.6 Å². The third-order valence-corrected chi connectivity index (χ3v) is 11.1. The summed E-state index contributed by atoms with van der Waals surface area (Å²) in [5.41, 5.74) is 7.40. The van der Waals surface area contributed by atoms with E-state index in [1.54, 1.807) is 0 Å². The molecule has 0 amide bonds. The van der Waals surface area contributed by atoms with Gasteiger partial charge >= 0.3 is 0 Å². The van der Waals surface area contributed by atoms with E-state index < -0.39 is 5.41 Å². The quantitative estimate of drug-likeness (QED) is 0.105. The molecular formula is C47H46O6. The molecule has 6 aromatic rings. The Hall–Kier alpha value is -4.72. The zero-order valence-electron chi connectivity index (χ0n) is 30.6. The Balaban J connectivity index is 1.01. The SMILES string of the molecule is CC1(COCCOc2ccc3cc(C4(c5ccc6cc(OCCOCC7(C)COC7)ccc6c5)c5ccccc5-c5ccccc54)ccc3c2)COC1. The topological polar surface area (TPSA) is 55.4 Å². The van der Waals surface area contributed by atoms with Crippen molar-refractivity contribution in [2.75, 3.05) is 66.1 Å². The van der Waals surface area contributed by atoms with Crippen LogP contribution in [0, 0.1) is 10.8 Å². The first-order chi connectivity index (χ1) is 25.9. The highest BCUT2D eigenvalue weighted by Crippen LogP contribution is 2.56. The van der Waals surface area contributed by atoms with Gasteiger partial charge in [0.25, 0.3) is 0 Å². The molecule has 2 saturated heterocycles. The summed E-state index contributed by atoms with van der Waals surface area (Å²) in [4.78, 5) is 0. The Bertz CT molecular complexity index is 2110. The second-order valence-electron chi connectivity index (χ2n) is 15.7. The van der Waals surface area contributed by atoms with E-state index in [1.165, 1.54) is 44.2 Å². The molecule has 0 atom stereocenters. The summed E-state index contributed by atoms with van der Waals surface area (Å²) in [7, 11) is 0. The van der Waals surface area contributed by atoms with E-state index in [0.717, 1.165) is 48.7 Å². The molecule has 6 aromatic carbocycles. The molecule has 2 heterocycles. The fourth-order valence-corrected chi connectivity index (χ4v) is 8.26. The van der Waals surface area contributed by atoms with Crippen molar-refractivity contribution in [3.8, 4) is 22.6 Å². The molecule has 53 heavy (non-hydrogen) atoms. The summed E-state index contributed by atoms with van der Waals surface area (Å²) < 4.78 is 34.7. The molecule has 0 saturated carbocycles. The van der Waals surface area contributed by atoms with E-state index in [1.807, 2.05) is 0 Å². The molecule has 2 aliphatic heterocycles. The molecule has 0 radical (unpaired) electrons. The summed E-state index contributed by atoms with van der Waals surface area (Å²) in [6, 6.07) is 44.4. The number of ether oxygens (including phenoxy) is 6. The van der Waals surface area contributed by atoms with Gasteiger partial charge in [-0.05, 0) is 91.3 Å². The van der Waals surface area contributed by atoms with Crippen LogP contribution in [0.1, 0.15) is 36.1 Å². The van der Waals surface area contributed by atoms with Crippen molar-refractivity contribution in [3.63, 3.8) is 0 Å². The zero-order valence-corrected chi connectivity index (χ0v) is 30.6. The van der Waals surface area contributed by atoms with E-state index in [9.17, 15) is 0 Å². The molecule has 0 aromatic heterocycles. The summed E-state index contributed by atoms with van der Waals surface area (Å²) in [5.74, 6) is 1.70. The van der Waals surface area contributed by atoms with Crippen LogP contribution in [0.4, 0.5) is 0 Å². The van der Waals surface area contributed by atoms with Crippen molar-refractivity contribution in [3.05, 3.63) is 144 Å². The zero-order chi connectivity index (χ0) is 35.9. The first kappa shape index (κ1) is 34.1. The lowest BCUT2D eigenvalue weighted by molar-refractivity contribution is -0.139. The van der Waals surface area contributed by atoms with Crippen molar-refractivity contribution in [2.45, 2.75) is 19.3 Å². The van der Waals surface area contributed by atoms with Gasteiger partial charge in [0.1, 0.15) is 24.7 Å². The van der Waals surface area contributed by atoms with Crippen LogP contribution in [0.5, 0.6) is 11.5 Å². The second-order valence-corrected chi connectivity index (χ2v) is 15.7. The highest BCUT2D eigenvalue weighted by Gasteiger charge is 2.46. The lowest BCUT2D eigenvalue weighted by atomic mass is 9.67. The monoisotopic (exact) mass is 706 g/mol. The van der Waals surface area contributed by atoms with E-state index in [-0.39, 0.29) is 10.8 Å². The van der Waals surface area contributed by atoms with Crippen molar-refractivity contribution in [1.82, 2.24) is 0 Å². The summed E-state index contributed by atoms with van der Waals surface area (Å²) in [5, 5.41) is 4.63. The Morgan fingerprint density at radius 2 is 0.887 bits per heavy atom. The van der Waals surface area contributed by atoms with Gasteiger partial charge in [-0.1, -0.05) is 98.8 Å². The highest BCUT2D eigenvalue weighted by atomic mass is 16.5. The first-order valence-electron chi connectivity index (χ1n) is 18.8. The van der Waals surface area contributed by atoms with Gasteiger partial charge in [-0.3, -0.25) is 0 Å². The van der Waals surface area contributed by atoms with Gasteiger partial charge in [-0.15, -0.1) is 0 Å². The Kier molecular flexibility index (Phi) is 8.95. The molecular weight excluding hydrogens is 661 g/mol. The second kappa shape index (κ2) is 13.9.